The van der Waals surface area contributed by atoms with Crippen molar-refractivity contribution in [2.24, 2.45) is 5.84 Å². The van der Waals surface area contributed by atoms with Crippen LogP contribution in [0.2, 0.25) is 0 Å². The van der Waals surface area contributed by atoms with E-state index in [-0.39, 0.29) is 0 Å². The van der Waals surface area contributed by atoms with Crippen molar-refractivity contribution in [3.63, 3.8) is 0 Å². The van der Waals surface area contributed by atoms with Gasteiger partial charge in [-0.25, -0.2) is 10.6 Å². The van der Waals surface area contributed by atoms with E-state index in [0.29, 0.717) is 0 Å². The largest absolute Gasteiger partial charge is 0.479 e. The van der Waals surface area contributed by atoms with Crippen molar-refractivity contribution in [2.45, 2.75) is 12.2 Å². The second-order valence-corrected chi connectivity index (χ2v) is 1.74. The molecule has 0 spiro atoms. The minimum Gasteiger partial charge on any atom is -0.479 e. The second-order valence-electron chi connectivity index (χ2n) is 1.74. The fourth-order valence-corrected chi connectivity index (χ4v) is 0.364. The Morgan fingerprint density at radius 3 is 2.00 bits per heavy atom. The molecule has 0 aromatic rings. The maximum absolute atomic E-state index is 10.3. The lowest BCUT2D eigenvalue weighted by molar-refractivity contribution is -0.158. The highest BCUT2D eigenvalue weighted by atomic mass is 16.4. The van der Waals surface area contributed by atoms with Gasteiger partial charge in [-0.05, 0) is 0 Å². The number of aliphatic carboxylic acids is 1. The van der Waals surface area contributed by atoms with Crippen LogP contribution in [0.3, 0.4) is 0 Å². The molecule has 7 nitrogen and oxygen atoms in total. The van der Waals surface area contributed by atoms with Crippen LogP contribution in [0.15, 0.2) is 0 Å². The van der Waals surface area contributed by atoms with E-state index in [1.165, 1.54) is 5.43 Å². The predicted molar refractivity (Wildman–Crippen MR) is 32.0 cm³/mol. The zero-order valence-corrected chi connectivity index (χ0v) is 5.39. The van der Waals surface area contributed by atoms with Crippen LogP contribution in [0, 0.1) is 0 Å². The molecular weight excluding hydrogens is 156 g/mol. The Hall–Kier alpha value is -1.18. The van der Waals surface area contributed by atoms with Crippen molar-refractivity contribution in [1.29, 1.82) is 0 Å². The normalized spacial score (nSPS) is 15.2. The molecule has 0 aromatic carbocycles. The van der Waals surface area contributed by atoms with Gasteiger partial charge in [-0.3, -0.25) is 10.2 Å². The lowest BCUT2D eigenvalue weighted by Crippen LogP contribution is -2.47. The topological polar surface area (TPSA) is 133 Å². The fourth-order valence-electron chi connectivity index (χ4n) is 0.364. The molecule has 0 aliphatic heterocycles. The fraction of sp³-hybridized carbons (Fsp3) is 0.500. The van der Waals surface area contributed by atoms with Gasteiger partial charge in [0.15, 0.2) is 12.2 Å². The Kier molecular flexibility index (Phi) is 3.45. The molecule has 0 aromatic heterocycles. The minimum atomic E-state index is -2.15. The number of hydrogen-bond acceptors (Lipinski definition) is 5. The summed E-state index contributed by atoms with van der Waals surface area (Å²) in [5, 5.41) is 25.2. The molecule has 0 saturated heterocycles. The first-order valence-corrected chi connectivity index (χ1v) is 2.60. The summed E-state index contributed by atoms with van der Waals surface area (Å²) in [6, 6.07) is 0. The summed E-state index contributed by atoms with van der Waals surface area (Å²) in [4.78, 5) is 20.3. The third-order valence-electron chi connectivity index (χ3n) is 0.963. The number of aliphatic hydroxyl groups excluding tert-OH is 2. The first kappa shape index (κ1) is 9.82. The number of carbonyl (C=O) groups excluding carboxylic acids is 1. The predicted octanol–water partition coefficient (Wildman–Crippen LogP) is -3.22. The number of carboxylic acid groups (broad SMARTS) is 1. The average molecular weight is 164 g/mol. The van der Waals surface area contributed by atoms with E-state index in [4.69, 9.17) is 15.3 Å². The molecule has 11 heavy (non-hydrogen) atoms. The molecule has 0 fully saturated rings. The highest BCUT2D eigenvalue weighted by Crippen LogP contribution is 1.92. The summed E-state index contributed by atoms with van der Waals surface area (Å²) < 4.78 is 0. The molecular formula is C4H8N2O5. The number of rotatable bonds is 3. The van der Waals surface area contributed by atoms with Gasteiger partial charge >= 0.3 is 5.97 Å². The van der Waals surface area contributed by atoms with Crippen molar-refractivity contribution < 1.29 is 24.9 Å². The summed E-state index contributed by atoms with van der Waals surface area (Å²) in [7, 11) is 0. The van der Waals surface area contributed by atoms with Crippen molar-refractivity contribution in [2.75, 3.05) is 0 Å². The number of nitrogens with one attached hydrogen (secondary N) is 1. The molecule has 2 unspecified atom stereocenters. The molecule has 0 bridgehead atoms. The molecule has 0 heterocycles. The van der Waals surface area contributed by atoms with Gasteiger partial charge in [0.1, 0.15) is 0 Å². The monoisotopic (exact) mass is 164 g/mol. The number of carbonyl (C=O) groups is 2. The lowest BCUT2D eigenvalue weighted by Gasteiger charge is -2.10. The molecule has 0 saturated carbocycles. The van der Waals surface area contributed by atoms with Crippen LogP contribution in [0.1, 0.15) is 0 Å². The number of carboxylic acids is 1. The number of aliphatic hydroxyl groups is 2. The second kappa shape index (κ2) is 3.86. The number of nitrogens with two attached hydrogens (primary N) is 1. The summed E-state index contributed by atoms with van der Waals surface area (Å²) in [5.74, 6) is 1.70. The van der Waals surface area contributed by atoms with Gasteiger partial charge in [0.2, 0.25) is 0 Å². The van der Waals surface area contributed by atoms with E-state index >= 15 is 0 Å². The number of hydrogen-bond donors (Lipinski definition) is 5. The quantitative estimate of drug-likeness (QED) is 0.169. The Morgan fingerprint density at radius 2 is 1.73 bits per heavy atom. The van der Waals surface area contributed by atoms with Crippen LogP contribution in [0.25, 0.3) is 0 Å². The van der Waals surface area contributed by atoms with Gasteiger partial charge < -0.3 is 15.3 Å². The summed E-state index contributed by atoms with van der Waals surface area (Å²) >= 11 is 0. The zero-order chi connectivity index (χ0) is 9.02. The molecule has 0 rings (SSSR count). The van der Waals surface area contributed by atoms with Gasteiger partial charge in [-0.15, -0.1) is 0 Å². The maximum Gasteiger partial charge on any atom is 0.335 e. The smallest absolute Gasteiger partial charge is 0.335 e. The Balaban J connectivity index is 4.12. The van der Waals surface area contributed by atoms with Crippen molar-refractivity contribution in [1.82, 2.24) is 5.43 Å². The van der Waals surface area contributed by atoms with Crippen LogP contribution in [0.4, 0.5) is 0 Å². The van der Waals surface area contributed by atoms with Gasteiger partial charge in [0, 0.05) is 0 Å². The molecule has 2 atom stereocenters. The average Bonchev–Trinajstić information content (AvgIpc) is 2.00. The van der Waals surface area contributed by atoms with Crippen LogP contribution in [-0.4, -0.2) is 39.4 Å². The third kappa shape index (κ3) is 2.50. The molecule has 64 valence electrons. The molecule has 7 heteroatoms. The van der Waals surface area contributed by atoms with Crippen LogP contribution in [0.5, 0.6) is 0 Å². The van der Waals surface area contributed by atoms with E-state index in [1.807, 2.05) is 0 Å². The highest BCUT2D eigenvalue weighted by Gasteiger charge is 2.29. The molecule has 0 aliphatic rings. The van der Waals surface area contributed by atoms with Crippen molar-refractivity contribution >= 4 is 11.9 Å². The lowest BCUT2D eigenvalue weighted by atomic mass is 10.2. The van der Waals surface area contributed by atoms with E-state index in [0.717, 1.165) is 0 Å². The Bertz CT molecular complexity index is 170. The maximum atomic E-state index is 10.3. The zero-order valence-electron chi connectivity index (χ0n) is 5.39. The van der Waals surface area contributed by atoms with E-state index in [9.17, 15) is 9.59 Å². The van der Waals surface area contributed by atoms with Gasteiger partial charge in [0.05, 0.1) is 0 Å². The van der Waals surface area contributed by atoms with Crippen molar-refractivity contribution in [3.05, 3.63) is 0 Å². The Labute approximate surface area is 61.4 Å². The minimum absolute atomic E-state index is 1.15. The highest BCUT2D eigenvalue weighted by molar-refractivity contribution is 5.87. The number of amides is 1. The number of hydrazine groups is 1. The summed E-state index contributed by atoms with van der Waals surface area (Å²) in [5.41, 5.74) is 1.49. The van der Waals surface area contributed by atoms with Crippen LogP contribution >= 0.6 is 0 Å². The molecule has 0 aliphatic carbocycles. The van der Waals surface area contributed by atoms with E-state index < -0.39 is 24.1 Å². The third-order valence-corrected chi connectivity index (χ3v) is 0.963. The van der Waals surface area contributed by atoms with E-state index in [2.05, 4.69) is 5.84 Å². The first-order valence-electron chi connectivity index (χ1n) is 2.60. The molecule has 6 N–H and O–H groups in total. The van der Waals surface area contributed by atoms with Crippen molar-refractivity contribution in [3.8, 4) is 0 Å². The van der Waals surface area contributed by atoms with E-state index in [1.54, 1.807) is 0 Å². The molecule has 1 amide bonds. The first-order chi connectivity index (χ1) is 5.00. The summed E-state index contributed by atoms with van der Waals surface area (Å²) in [6.07, 6.45) is -4.20. The SMILES string of the molecule is NNC(=O)C(O)C(O)C(=O)O. The Morgan fingerprint density at radius 1 is 1.27 bits per heavy atom. The standard InChI is InChI=1S/C4H8N2O5/c5-6-3(9)1(7)2(8)4(10)11/h1-2,7-8H,5H2,(H,6,9)(H,10,11). The van der Waals surface area contributed by atoms with Gasteiger partial charge in [-0.1, -0.05) is 0 Å². The van der Waals surface area contributed by atoms with Gasteiger partial charge in [0.25, 0.3) is 5.91 Å². The van der Waals surface area contributed by atoms with Crippen LogP contribution in [-0.2, 0) is 9.59 Å². The molecule has 0 radical (unpaired) electrons. The van der Waals surface area contributed by atoms with Crippen LogP contribution < -0.4 is 11.3 Å². The van der Waals surface area contributed by atoms with Gasteiger partial charge in [-0.2, -0.15) is 0 Å². The summed E-state index contributed by atoms with van der Waals surface area (Å²) in [6.45, 7) is 0.